The molecule has 2 aromatic rings. The number of benzene rings is 1. The van der Waals surface area contributed by atoms with Gasteiger partial charge in [-0.05, 0) is 18.1 Å². The number of aromatic nitrogens is 1. The van der Waals surface area contributed by atoms with Crippen LogP contribution in [0.1, 0.15) is 13.8 Å². The highest BCUT2D eigenvalue weighted by atomic mass is 16.1. The van der Waals surface area contributed by atoms with Gasteiger partial charge in [-0.3, -0.25) is 4.79 Å². The lowest BCUT2D eigenvalue weighted by Crippen LogP contribution is -2.31. The number of nitrogens with two attached hydrogens (primary N) is 1. The number of fused-ring (bicyclic) bond motifs is 1. The van der Waals surface area contributed by atoms with Crippen LogP contribution in [0, 0.1) is 5.92 Å². The predicted octanol–water partition coefficient (Wildman–Crippen LogP) is 1.98. The molecule has 0 saturated carbocycles. The Labute approximate surface area is 101 Å². The molecule has 1 atom stereocenters. The van der Waals surface area contributed by atoms with E-state index in [9.17, 15) is 4.79 Å². The molecule has 0 radical (unpaired) electrons. The first-order chi connectivity index (χ1) is 8.09. The van der Waals surface area contributed by atoms with Crippen LogP contribution in [-0.4, -0.2) is 10.6 Å². The summed E-state index contributed by atoms with van der Waals surface area (Å²) in [6.45, 7) is 4.95. The van der Waals surface area contributed by atoms with Crippen LogP contribution in [0.4, 0.5) is 0 Å². The number of hydrogen-bond acceptors (Lipinski definition) is 2. The molecular weight excluding hydrogens is 212 g/mol. The maximum Gasteiger partial charge on any atom is 0.189 e. The van der Waals surface area contributed by atoms with Gasteiger partial charge >= 0.3 is 0 Å². The number of hydrogen-bond donors (Lipinski definition) is 1. The average Bonchev–Trinajstić information content (AvgIpc) is 2.33. The summed E-state index contributed by atoms with van der Waals surface area (Å²) in [7, 11) is 0. The van der Waals surface area contributed by atoms with Gasteiger partial charge in [0.1, 0.15) is 0 Å². The first-order valence-corrected chi connectivity index (χ1v) is 5.93. The van der Waals surface area contributed by atoms with Crippen LogP contribution < -0.4 is 11.2 Å². The van der Waals surface area contributed by atoms with E-state index in [0.29, 0.717) is 5.92 Å². The van der Waals surface area contributed by atoms with E-state index >= 15 is 0 Å². The largest absolute Gasteiger partial charge is 0.346 e. The van der Waals surface area contributed by atoms with Crippen molar-refractivity contribution in [3.8, 4) is 0 Å². The first-order valence-electron chi connectivity index (χ1n) is 5.93. The molecule has 2 N–H and O–H groups in total. The molecule has 3 heteroatoms. The molecule has 0 bridgehead atoms. The van der Waals surface area contributed by atoms with E-state index in [1.807, 2.05) is 30.5 Å². The zero-order valence-corrected chi connectivity index (χ0v) is 10.3. The van der Waals surface area contributed by atoms with Crippen LogP contribution in [0.3, 0.4) is 0 Å². The third-order valence-electron chi connectivity index (χ3n) is 3.15. The lowest BCUT2D eigenvalue weighted by atomic mass is 10.1. The molecule has 90 valence electrons. The van der Waals surface area contributed by atoms with Gasteiger partial charge in [0.2, 0.25) is 0 Å². The smallest absolute Gasteiger partial charge is 0.189 e. The predicted molar refractivity (Wildman–Crippen MR) is 71.0 cm³/mol. The van der Waals surface area contributed by atoms with Gasteiger partial charge in [-0.15, -0.1) is 0 Å². The van der Waals surface area contributed by atoms with E-state index in [1.165, 1.54) is 0 Å². The molecule has 0 aliphatic heterocycles. The molecule has 0 saturated heterocycles. The number of rotatable bonds is 3. The van der Waals surface area contributed by atoms with E-state index in [-0.39, 0.29) is 11.5 Å². The zero-order valence-electron chi connectivity index (χ0n) is 10.3. The van der Waals surface area contributed by atoms with Gasteiger partial charge in [0.05, 0.1) is 5.52 Å². The monoisotopic (exact) mass is 230 g/mol. The van der Waals surface area contributed by atoms with Gasteiger partial charge in [-0.1, -0.05) is 26.0 Å². The summed E-state index contributed by atoms with van der Waals surface area (Å²) < 4.78 is 2.06. The summed E-state index contributed by atoms with van der Waals surface area (Å²) >= 11 is 0. The van der Waals surface area contributed by atoms with Crippen molar-refractivity contribution in [2.45, 2.75) is 26.4 Å². The molecule has 0 amide bonds. The summed E-state index contributed by atoms with van der Waals surface area (Å²) in [5.74, 6) is 0.424. The third kappa shape index (κ3) is 2.39. The highest BCUT2D eigenvalue weighted by molar-refractivity contribution is 5.78. The van der Waals surface area contributed by atoms with Gasteiger partial charge in [0.25, 0.3) is 0 Å². The molecule has 1 unspecified atom stereocenters. The second kappa shape index (κ2) is 4.72. The fourth-order valence-electron chi connectivity index (χ4n) is 1.86. The van der Waals surface area contributed by atoms with Gasteiger partial charge in [0, 0.05) is 30.2 Å². The van der Waals surface area contributed by atoms with E-state index in [4.69, 9.17) is 5.73 Å². The van der Waals surface area contributed by atoms with Crippen molar-refractivity contribution in [1.29, 1.82) is 0 Å². The van der Waals surface area contributed by atoms with Crippen molar-refractivity contribution in [2.24, 2.45) is 11.7 Å². The maximum absolute atomic E-state index is 11.7. The minimum atomic E-state index is 0.0648. The van der Waals surface area contributed by atoms with Crippen molar-refractivity contribution in [2.75, 3.05) is 0 Å². The fourth-order valence-corrected chi connectivity index (χ4v) is 1.86. The molecule has 1 aromatic carbocycles. The molecule has 0 aliphatic rings. The van der Waals surface area contributed by atoms with E-state index in [1.54, 1.807) is 6.07 Å². The molecular formula is C14H18N2O. The Morgan fingerprint density at radius 3 is 2.65 bits per heavy atom. The van der Waals surface area contributed by atoms with Crippen LogP contribution in [0.2, 0.25) is 0 Å². The van der Waals surface area contributed by atoms with Gasteiger partial charge in [0.15, 0.2) is 5.43 Å². The van der Waals surface area contributed by atoms with Crippen molar-refractivity contribution in [3.63, 3.8) is 0 Å². The number of para-hydroxylation sites is 1. The highest BCUT2D eigenvalue weighted by Gasteiger charge is 2.09. The molecule has 1 aromatic heterocycles. The number of pyridine rings is 1. The Balaban J connectivity index is 2.48. The quantitative estimate of drug-likeness (QED) is 0.876. The van der Waals surface area contributed by atoms with Crippen molar-refractivity contribution < 1.29 is 0 Å². The average molecular weight is 230 g/mol. The van der Waals surface area contributed by atoms with Crippen molar-refractivity contribution >= 4 is 10.9 Å². The second-order valence-electron chi connectivity index (χ2n) is 4.76. The summed E-state index contributed by atoms with van der Waals surface area (Å²) in [4.78, 5) is 11.7. The summed E-state index contributed by atoms with van der Waals surface area (Å²) in [6.07, 6.45) is 1.83. The van der Waals surface area contributed by atoms with Crippen molar-refractivity contribution in [1.82, 2.24) is 4.57 Å². The van der Waals surface area contributed by atoms with Crippen LogP contribution >= 0.6 is 0 Å². The third-order valence-corrected chi connectivity index (χ3v) is 3.15. The minimum absolute atomic E-state index is 0.0648. The lowest BCUT2D eigenvalue weighted by Gasteiger charge is -2.19. The molecule has 0 spiro atoms. The standard InChI is InChI=1S/C14H18N2O/c1-10(2)12(15)9-16-8-7-14(17)11-5-3-4-6-13(11)16/h3-8,10,12H,9,15H2,1-2H3. The second-order valence-corrected chi connectivity index (χ2v) is 4.76. The normalized spacial score (nSPS) is 13.2. The summed E-state index contributed by atoms with van der Waals surface area (Å²) in [5.41, 5.74) is 7.10. The van der Waals surface area contributed by atoms with Crippen LogP contribution in [0.25, 0.3) is 10.9 Å². The Hall–Kier alpha value is -1.61. The lowest BCUT2D eigenvalue weighted by molar-refractivity contribution is 0.438. The Kier molecular flexibility index (Phi) is 3.29. The van der Waals surface area contributed by atoms with E-state index in [0.717, 1.165) is 17.4 Å². The molecule has 17 heavy (non-hydrogen) atoms. The fraction of sp³-hybridized carbons (Fsp3) is 0.357. The van der Waals surface area contributed by atoms with Gasteiger partial charge in [-0.2, -0.15) is 0 Å². The van der Waals surface area contributed by atoms with Crippen LogP contribution in [0.15, 0.2) is 41.3 Å². The first kappa shape index (κ1) is 11.9. The van der Waals surface area contributed by atoms with Crippen LogP contribution in [0.5, 0.6) is 0 Å². The zero-order chi connectivity index (χ0) is 12.4. The molecule has 3 nitrogen and oxygen atoms in total. The van der Waals surface area contributed by atoms with Gasteiger partial charge < -0.3 is 10.3 Å². The van der Waals surface area contributed by atoms with E-state index < -0.39 is 0 Å². The Morgan fingerprint density at radius 2 is 1.94 bits per heavy atom. The topological polar surface area (TPSA) is 48.0 Å². The Morgan fingerprint density at radius 1 is 1.24 bits per heavy atom. The molecule has 1 heterocycles. The maximum atomic E-state index is 11.7. The highest BCUT2D eigenvalue weighted by Crippen LogP contribution is 2.11. The Bertz CT molecular complexity index is 572. The van der Waals surface area contributed by atoms with Crippen LogP contribution in [-0.2, 0) is 6.54 Å². The van der Waals surface area contributed by atoms with Crippen molar-refractivity contribution in [3.05, 3.63) is 46.8 Å². The summed E-state index contributed by atoms with van der Waals surface area (Å²) in [6, 6.07) is 9.35. The molecule has 0 aliphatic carbocycles. The van der Waals surface area contributed by atoms with Gasteiger partial charge in [-0.25, -0.2) is 0 Å². The van der Waals surface area contributed by atoms with E-state index in [2.05, 4.69) is 18.4 Å². The SMILES string of the molecule is CC(C)C(N)Cn1ccc(=O)c2ccccc21. The minimum Gasteiger partial charge on any atom is -0.346 e. The summed E-state index contributed by atoms with van der Waals surface area (Å²) in [5, 5.41) is 0.756. The number of nitrogens with zero attached hydrogens (tertiary/aromatic N) is 1. The molecule has 0 fully saturated rings. The molecule has 2 rings (SSSR count).